The first-order chi connectivity index (χ1) is 14.2. The number of nitrogens with zero attached hydrogens (tertiary/aromatic N) is 2. The van der Waals surface area contributed by atoms with Gasteiger partial charge in [-0.3, -0.25) is 10.1 Å². The highest BCUT2D eigenvalue weighted by atomic mass is 32.2. The van der Waals surface area contributed by atoms with Crippen LogP contribution < -0.4 is 10.6 Å². The molecule has 0 spiro atoms. The number of urea groups is 1. The Morgan fingerprint density at radius 2 is 1.83 bits per heavy atom. The summed E-state index contributed by atoms with van der Waals surface area (Å²) in [4.78, 5) is 26.9. The van der Waals surface area contributed by atoms with Crippen LogP contribution in [-0.4, -0.2) is 32.9 Å². The minimum absolute atomic E-state index is 0.0196. The van der Waals surface area contributed by atoms with Gasteiger partial charge in [-0.1, -0.05) is 60.3 Å². The molecule has 2 heterocycles. The van der Waals surface area contributed by atoms with Crippen LogP contribution in [0.1, 0.15) is 5.56 Å². The Labute approximate surface area is 170 Å². The molecule has 2 aromatic carbocycles. The van der Waals surface area contributed by atoms with E-state index in [9.17, 15) is 9.59 Å². The molecular formula is C20H17N5O3S. The van der Waals surface area contributed by atoms with Crippen LogP contribution in [0.4, 0.5) is 4.79 Å². The van der Waals surface area contributed by atoms with Crippen molar-refractivity contribution in [3.63, 3.8) is 0 Å². The van der Waals surface area contributed by atoms with Crippen molar-refractivity contribution in [2.75, 3.05) is 5.75 Å². The van der Waals surface area contributed by atoms with Gasteiger partial charge >= 0.3 is 6.03 Å². The number of amides is 3. The highest BCUT2D eigenvalue weighted by Gasteiger charge is 2.15. The van der Waals surface area contributed by atoms with Gasteiger partial charge in [0.25, 0.3) is 11.1 Å². The zero-order chi connectivity index (χ0) is 20.1. The SMILES string of the molecule is O=C(CSc1nnc(-c2c[nH]c3ccccc23)o1)NC(=O)NCc1ccccc1. The molecule has 4 rings (SSSR count). The summed E-state index contributed by atoms with van der Waals surface area (Å²) < 4.78 is 5.64. The van der Waals surface area contributed by atoms with Crippen molar-refractivity contribution < 1.29 is 14.0 Å². The molecule has 0 aliphatic heterocycles. The predicted molar refractivity (Wildman–Crippen MR) is 109 cm³/mol. The monoisotopic (exact) mass is 407 g/mol. The minimum Gasteiger partial charge on any atom is -0.411 e. The van der Waals surface area contributed by atoms with E-state index < -0.39 is 11.9 Å². The van der Waals surface area contributed by atoms with Gasteiger partial charge in [0.2, 0.25) is 5.91 Å². The summed E-state index contributed by atoms with van der Waals surface area (Å²) >= 11 is 1.07. The highest BCUT2D eigenvalue weighted by molar-refractivity contribution is 7.99. The molecule has 4 aromatic rings. The third-order valence-corrected chi connectivity index (χ3v) is 4.92. The summed E-state index contributed by atoms with van der Waals surface area (Å²) in [7, 11) is 0. The molecule has 3 amide bonds. The maximum atomic E-state index is 12.0. The van der Waals surface area contributed by atoms with Gasteiger partial charge < -0.3 is 14.7 Å². The number of carbonyl (C=O) groups is 2. The van der Waals surface area contributed by atoms with Crippen LogP contribution in [0.3, 0.4) is 0 Å². The molecule has 0 bridgehead atoms. The van der Waals surface area contributed by atoms with Crippen molar-refractivity contribution in [1.29, 1.82) is 0 Å². The van der Waals surface area contributed by atoms with Crippen LogP contribution in [0.15, 0.2) is 70.4 Å². The van der Waals surface area contributed by atoms with Crippen molar-refractivity contribution in [2.45, 2.75) is 11.8 Å². The molecule has 0 saturated carbocycles. The van der Waals surface area contributed by atoms with Gasteiger partial charge in [0.1, 0.15) is 0 Å². The maximum absolute atomic E-state index is 12.0. The summed E-state index contributed by atoms with van der Waals surface area (Å²) in [5.74, 6) is -0.104. The largest absolute Gasteiger partial charge is 0.411 e. The Hall–Kier alpha value is -3.59. The summed E-state index contributed by atoms with van der Waals surface area (Å²) in [6.45, 7) is 0.338. The van der Waals surface area contributed by atoms with E-state index in [1.54, 1.807) is 6.20 Å². The number of H-pyrrole nitrogens is 1. The molecule has 9 heteroatoms. The summed E-state index contributed by atoms with van der Waals surface area (Å²) in [5.41, 5.74) is 2.71. The molecule has 0 radical (unpaired) electrons. The lowest BCUT2D eigenvalue weighted by Gasteiger charge is -2.06. The van der Waals surface area contributed by atoms with Crippen LogP contribution >= 0.6 is 11.8 Å². The summed E-state index contributed by atoms with van der Waals surface area (Å²) in [6.07, 6.45) is 1.80. The van der Waals surface area contributed by atoms with E-state index >= 15 is 0 Å². The lowest BCUT2D eigenvalue weighted by molar-refractivity contribution is -0.117. The van der Waals surface area contributed by atoms with Crippen molar-refractivity contribution in [1.82, 2.24) is 25.8 Å². The van der Waals surface area contributed by atoms with Gasteiger partial charge in [-0.05, 0) is 11.6 Å². The number of rotatable bonds is 6. The van der Waals surface area contributed by atoms with Crippen LogP contribution in [0.2, 0.25) is 0 Å². The van der Waals surface area contributed by atoms with Crippen LogP contribution in [-0.2, 0) is 11.3 Å². The smallest absolute Gasteiger partial charge is 0.321 e. The van der Waals surface area contributed by atoms with E-state index in [-0.39, 0.29) is 11.0 Å². The first kappa shape index (κ1) is 18.8. The number of aromatic amines is 1. The third kappa shape index (κ3) is 4.64. The summed E-state index contributed by atoms with van der Waals surface area (Å²) in [5, 5.41) is 14.1. The molecule has 0 aliphatic carbocycles. The average molecular weight is 407 g/mol. The Morgan fingerprint density at radius 3 is 2.69 bits per heavy atom. The molecule has 8 nitrogen and oxygen atoms in total. The highest BCUT2D eigenvalue weighted by Crippen LogP contribution is 2.29. The Balaban J connectivity index is 1.28. The predicted octanol–water partition coefficient (Wildman–Crippen LogP) is 3.34. The molecule has 0 fully saturated rings. The zero-order valence-electron chi connectivity index (χ0n) is 15.2. The number of aromatic nitrogens is 3. The molecule has 3 N–H and O–H groups in total. The number of fused-ring (bicyclic) bond motifs is 1. The number of hydrogen-bond donors (Lipinski definition) is 3. The van der Waals surface area contributed by atoms with E-state index in [2.05, 4.69) is 25.8 Å². The van der Waals surface area contributed by atoms with Gasteiger partial charge in [0.15, 0.2) is 0 Å². The Morgan fingerprint density at radius 1 is 1.03 bits per heavy atom. The molecule has 2 aromatic heterocycles. The number of imide groups is 1. The summed E-state index contributed by atoms with van der Waals surface area (Å²) in [6, 6.07) is 16.7. The minimum atomic E-state index is -0.551. The number of hydrogen-bond acceptors (Lipinski definition) is 6. The van der Waals surface area contributed by atoms with Gasteiger partial charge in [-0.15, -0.1) is 10.2 Å². The molecule has 0 atom stereocenters. The normalized spacial score (nSPS) is 10.8. The third-order valence-electron chi connectivity index (χ3n) is 4.10. The first-order valence-corrected chi connectivity index (χ1v) is 9.82. The zero-order valence-corrected chi connectivity index (χ0v) is 16.0. The number of benzene rings is 2. The van der Waals surface area contributed by atoms with Gasteiger partial charge in [0.05, 0.1) is 11.3 Å². The van der Waals surface area contributed by atoms with Crippen LogP contribution in [0.5, 0.6) is 0 Å². The van der Waals surface area contributed by atoms with Crippen LogP contribution in [0, 0.1) is 0 Å². The van der Waals surface area contributed by atoms with E-state index in [1.165, 1.54) is 0 Å². The fraction of sp³-hybridized carbons (Fsp3) is 0.100. The van der Waals surface area contributed by atoms with Gasteiger partial charge in [-0.2, -0.15) is 0 Å². The van der Waals surface area contributed by atoms with Gasteiger partial charge in [0, 0.05) is 23.6 Å². The van der Waals surface area contributed by atoms with E-state index in [1.807, 2.05) is 54.6 Å². The maximum Gasteiger partial charge on any atom is 0.321 e. The molecule has 29 heavy (non-hydrogen) atoms. The van der Waals surface area contributed by atoms with Crippen molar-refractivity contribution in [3.05, 3.63) is 66.4 Å². The second kappa shape index (κ2) is 8.61. The van der Waals surface area contributed by atoms with E-state index in [4.69, 9.17) is 4.42 Å². The van der Waals surface area contributed by atoms with E-state index in [0.717, 1.165) is 33.8 Å². The molecule has 0 unspecified atom stereocenters. The quantitative estimate of drug-likeness (QED) is 0.423. The van der Waals surface area contributed by atoms with Crippen molar-refractivity contribution in [2.24, 2.45) is 0 Å². The number of para-hydroxylation sites is 1. The average Bonchev–Trinajstić information content (AvgIpc) is 3.38. The molecule has 146 valence electrons. The first-order valence-electron chi connectivity index (χ1n) is 8.83. The number of carbonyl (C=O) groups excluding carboxylic acids is 2. The number of thioether (sulfide) groups is 1. The molecule has 0 aliphatic rings. The fourth-order valence-electron chi connectivity index (χ4n) is 2.74. The van der Waals surface area contributed by atoms with Gasteiger partial charge in [-0.25, -0.2) is 4.79 Å². The lowest BCUT2D eigenvalue weighted by Crippen LogP contribution is -2.39. The second-order valence-electron chi connectivity index (χ2n) is 6.13. The Kier molecular flexibility index (Phi) is 5.57. The molecule has 0 saturated heterocycles. The number of nitrogens with one attached hydrogen (secondary N) is 3. The lowest BCUT2D eigenvalue weighted by atomic mass is 10.2. The van der Waals surface area contributed by atoms with Crippen LogP contribution in [0.25, 0.3) is 22.4 Å². The fourth-order valence-corrected chi connectivity index (χ4v) is 3.30. The second-order valence-corrected chi connectivity index (χ2v) is 7.05. The molecular weight excluding hydrogens is 390 g/mol. The van der Waals surface area contributed by atoms with Crippen molar-refractivity contribution in [3.8, 4) is 11.5 Å². The topological polar surface area (TPSA) is 113 Å². The Bertz CT molecular complexity index is 1140. The van der Waals surface area contributed by atoms with Crippen molar-refractivity contribution >= 4 is 34.6 Å². The standard InChI is InChI=1S/C20H17N5O3S/c26-17(23-19(27)22-10-13-6-2-1-3-7-13)12-29-20-25-24-18(28-20)15-11-21-16-9-5-4-8-14(15)16/h1-9,11,21H,10,12H2,(H2,22,23,26,27). The van der Waals surface area contributed by atoms with E-state index in [0.29, 0.717) is 12.4 Å².